The molecule has 2 aromatic rings. The van der Waals surface area contributed by atoms with Gasteiger partial charge in [0.25, 0.3) is 17.7 Å². The largest absolute Gasteiger partial charge is 0.483 e. The Bertz CT molecular complexity index is 1180. The van der Waals surface area contributed by atoms with Crippen LogP contribution in [0.3, 0.4) is 0 Å². The quantitative estimate of drug-likeness (QED) is 0.254. The molecule has 2 bridgehead atoms. The summed E-state index contributed by atoms with van der Waals surface area (Å²) in [6.45, 7) is -0.240. The van der Waals surface area contributed by atoms with Crippen LogP contribution in [-0.4, -0.2) is 35.6 Å². The number of hydrazone groups is 1. The van der Waals surface area contributed by atoms with Crippen LogP contribution in [0, 0.1) is 33.1 Å². The molecule has 1 heterocycles. The predicted octanol–water partition coefficient (Wildman–Crippen LogP) is 3.59. The van der Waals surface area contributed by atoms with Crippen molar-refractivity contribution in [1.29, 1.82) is 0 Å². The normalized spacial score (nSPS) is 25.2. The van der Waals surface area contributed by atoms with Gasteiger partial charge in [0, 0.05) is 5.69 Å². The zero-order chi connectivity index (χ0) is 23.1. The third-order valence-corrected chi connectivity index (χ3v) is 7.04. The third kappa shape index (κ3) is 4.17. The topological polar surface area (TPSA) is 88.1 Å². The lowest BCUT2D eigenvalue weighted by molar-refractivity contribution is -0.140. The fourth-order valence-corrected chi connectivity index (χ4v) is 5.44. The number of hydrogen-bond acceptors (Lipinski definition) is 5. The average molecular weight is 559 g/mol. The molecule has 1 saturated carbocycles. The van der Waals surface area contributed by atoms with E-state index in [0.29, 0.717) is 17.0 Å². The van der Waals surface area contributed by atoms with Crippen molar-refractivity contribution in [2.75, 3.05) is 11.9 Å². The highest BCUT2D eigenvalue weighted by Gasteiger charge is 2.59. The first-order valence-electron chi connectivity index (χ1n) is 10.5. The molecular weight excluding hydrogens is 540 g/mol. The zero-order valence-corrected chi connectivity index (χ0v) is 19.4. The van der Waals surface area contributed by atoms with E-state index in [0.717, 1.165) is 15.0 Å². The number of anilines is 1. The van der Waals surface area contributed by atoms with Crippen LogP contribution in [0.15, 0.2) is 59.7 Å². The van der Waals surface area contributed by atoms with Gasteiger partial charge >= 0.3 is 0 Å². The number of ether oxygens (including phenoxy) is 1. The molecule has 5 rings (SSSR count). The van der Waals surface area contributed by atoms with E-state index < -0.39 is 11.7 Å². The Morgan fingerprint density at radius 2 is 1.88 bits per heavy atom. The number of fused-ring (bicyclic) bond motifs is 5. The Hall–Kier alpha value is -3.08. The summed E-state index contributed by atoms with van der Waals surface area (Å²) >= 11 is 2.07. The smallest absolute Gasteiger partial charge is 0.262 e. The van der Waals surface area contributed by atoms with E-state index in [2.05, 4.69) is 33.0 Å². The van der Waals surface area contributed by atoms with Gasteiger partial charge in [0.05, 0.1) is 21.6 Å². The van der Waals surface area contributed by atoms with Crippen molar-refractivity contribution in [3.05, 3.63) is 69.6 Å². The number of nitrogens with one attached hydrogen (secondary N) is 1. The molecule has 7 nitrogen and oxygen atoms in total. The highest BCUT2D eigenvalue weighted by Crippen LogP contribution is 2.52. The molecule has 0 spiro atoms. The van der Waals surface area contributed by atoms with Crippen molar-refractivity contribution in [1.82, 2.24) is 5.01 Å². The number of amides is 3. The Kier molecular flexibility index (Phi) is 5.73. The van der Waals surface area contributed by atoms with E-state index in [1.165, 1.54) is 24.4 Å². The molecule has 2 aliphatic carbocycles. The van der Waals surface area contributed by atoms with Crippen LogP contribution in [0.4, 0.5) is 10.1 Å². The summed E-state index contributed by atoms with van der Waals surface area (Å²) in [5, 5.41) is 7.76. The highest BCUT2D eigenvalue weighted by molar-refractivity contribution is 14.1. The van der Waals surface area contributed by atoms with Gasteiger partial charge < -0.3 is 10.1 Å². The molecule has 168 valence electrons. The number of allylic oxidation sites excluding steroid dienone is 2. The number of carbonyl (C=O) groups excluding carboxylic acids is 3. The molecule has 2 aromatic carbocycles. The molecule has 3 amide bonds. The molecule has 0 aromatic heterocycles. The number of rotatable bonds is 6. The predicted molar refractivity (Wildman–Crippen MR) is 127 cm³/mol. The maximum Gasteiger partial charge on any atom is 0.262 e. The van der Waals surface area contributed by atoms with Crippen LogP contribution >= 0.6 is 22.6 Å². The summed E-state index contributed by atoms with van der Waals surface area (Å²) < 4.78 is 19.5. The van der Waals surface area contributed by atoms with Crippen LogP contribution in [0.2, 0.25) is 0 Å². The summed E-state index contributed by atoms with van der Waals surface area (Å²) in [7, 11) is 0. The summed E-state index contributed by atoms with van der Waals surface area (Å²) in [6.07, 6.45) is 6.45. The van der Waals surface area contributed by atoms with Crippen molar-refractivity contribution < 1.29 is 23.5 Å². The lowest BCUT2D eigenvalue weighted by Gasteiger charge is -2.13. The standard InChI is InChI=1S/C24H19FIN3O4/c25-16-2-1-3-17(10-16)28-20(30)12-33-19-7-4-13(8-18(19)26)11-27-29-23(31)21-14-5-6-15(9-14)22(21)24(29)32/h1-8,10-11,14-15,21-22H,9,12H2,(H,28,30)/t14-,15-,21-,22+/m0/s1. The van der Waals surface area contributed by atoms with E-state index in [1.54, 1.807) is 24.3 Å². The first-order chi connectivity index (χ1) is 15.9. The Morgan fingerprint density at radius 3 is 2.55 bits per heavy atom. The molecule has 3 aliphatic rings. The summed E-state index contributed by atoms with van der Waals surface area (Å²) in [4.78, 5) is 37.5. The second-order valence-electron chi connectivity index (χ2n) is 8.27. The van der Waals surface area contributed by atoms with E-state index in [-0.39, 0.29) is 42.1 Å². The molecule has 2 fully saturated rings. The maximum atomic E-state index is 13.2. The molecule has 1 aliphatic heterocycles. The minimum Gasteiger partial charge on any atom is -0.483 e. The fraction of sp³-hybridized carbons (Fsp3) is 0.250. The average Bonchev–Trinajstić information content (AvgIpc) is 3.46. The van der Waals surface area contributed by atoms with Gasteiger partial charge in [-0.15, -0.1) is 0 Å². The minimum absolute atomic E-state index is 0.146. The molecule has 0 radical (unpaired) electrons. The highest BCUT2D eigenvalue weighted by atomic mass is 127. The summed E-state index contributed by atoms with van der Waals surface area (Å²) in [5.74, 6) is -1.08. The van der Waals surface area contributed by atoms with Gasteiger partial charge in [-0.3, -0.25) is 14.4 Å². The molecule has 0 unspecified atom stereocenters. The van der Waals surface area contributed by atoms with E-state index in [4.69, 9.17) is 4.74 Å². The van der Waals surface area contributed by atoms with Crippen LogP contribution in [-0.2, 0) is 14.4 Å². The van der Waals surface area contributed by atoms with Gasteiger partial charge in [0.2, 0.25) is 0 Å². The van der Waals surface area contributed by atoms with Crippen LogP contribution in [0.1, 0.15) is 12.0 Å². The zero-order valence-electron chi connectivity index (χ0n) is 17.3. The Morgan fingerprint density at radius 1 is 1.15 bits per heavy atom. The summed E-state index contributed by atoms with van der Waals surface area (Å²) in [6, 6.07) is 10.8. The van der Waals surface area contributed by atoms with Gasteiger partial charge in [0.15, 0.2) is 6.61 Å². The van der Waals surface area contributed by atoms with Crippen LogP contribution in [0.25, 0.3) is 0 Å². The Labute approximate surface area is 202 Å². The van der Waals surface area contributed by atoms with Crippen molar-refractivity contribution in [3.63, 3.8) is 0 Å². The molecular formula is C24H19FIN3O4. The molecule has 1 N–H and O–H groups in total. The van der Waals surface area contributed by atoms with Gasteiger partial charge in [-0.2, -0.15) is 10.1 Å². The van der Waals surface area contributed by atoms with Crippen molar-refractivity contribution in [2.24, 2.45) is 28.8 Å². The molecule has 1 saturated heterocycles. The minimum atomic E-state index is -0.440. The number of hydrogen-bond donors (Lipinski definition) is 1. The second-order valence-corrected chi connectivity index (χ2v) is 9.43. The van der Waals surface area contributed by atoms with Gasteiger partial charge in [-0.05, 0) is 82.8 Å². The number of imide groups is 1. The van der Waals surface area contributed by atoms with Crippen molar-refractivity contribution in [3.8, 4) is 5.75 Å². The number of nitrogens with zero attached hydrogens (tertiary/aromatic N) is 2. The molecule has 9 heteroatoms. The number of carbonyl (C=O) groups is 3. The summed E-state index contributed by atoms with van der Waals surface area (Å²) in [5.41, 5.74) is 1.04. The van der Waals surface area contributed by atoms with E-state index in [9.17, 15) is 18.8 Å². The van der Waals surface area contributed by atoms with E-state index in [1.807, 2.05) is 12.2 Å². The van der Waals surface area contributed by atoms with E-state index >= 15 is 0 Å². The van der Waals surface area contributed by atoms with Crippen molar-refractivity contribution in [2.45, 2.75) is 6.42 Å². The van der Waals surface area contributed by atoms with Crippen molar-refractivity contribution >= 4 is 52.2 Å². The maximum absolute atomic E-state index is 13.2. The van der Waals surface area contributed by atoms with Gasteiger partial charge in [-0.25, -0.2) is 4.39 Å². The second kappa shape index (κ2) is 8.69. The van der Waals surface area contributed by atoms with Gasteiger partial charge in [0.1, 0.15) is 11.6 Å². The number of benzene rings is 2. The third-order valence-electron chi connectivity index (χ3n) is 6.19. The SMILES string of the molecule is O=C(COc1ccc(C=NN2C(=O)[C@@H]3[C@H](C2=O)[C@H]2C=C[C@H]3C2)cc1I)Nc1cccc(F)c1. The monoisotopic (exact) mass is 559 g/mol. The first-order valence-corrected chi connectivity index (χ1v) is 11.6. The lowest BCUT2D eigenvalue weighted by Crippen LogP contribution is -2.28. The fourth-order valence-electron chi connectivity index (χ4n) is 4.75. The lowest BCUT2D eigenvalue weighted by atomic mass is 9.85. The van der Waals surface area contributed by atoms with Crippen LogP contribution in [0.5, 0.6) is 5.75 Å². The Balaban J connectivity index is 1.20. The van der Waals surface area contributed by atoms with Gasteiger partial charge in [-0.1, -0.05) is 18.2 Å². The molecule has 4 atom stereocenters. The molecule has 33 heavy (non-hydrogen) atoms. The number of halogens is 2. The first kappa shape index (κ1) is 21.7. The van der Waals surface area contributed by atoms with Crippen LogP contribution < -0.4 is 10.1 Å².